The van der Waals surface area contributed by atoms with Gasteiger partial charge in [0.2, 0.25) is 0 Å². The minimum Gasteiger partial charge on any atom is -0.369 e. The van der Waals surface area contributed by atoms with Gasteiger partial charge in [-0.05, 0) is 34.7 Å². The number of hydrogen-bond donors (Lipinski definition) is 0. The third kappa shape index (κ3) is 1.75. The quantitative estimate of drug-likeness (QED) is 0.746. The SMILES string of the molecule is C=Cc1ccc2c(c1C=C)C(OCC)c1ccccc1-2. The maximum Gasteiger partial charge on any atom is 0.109 e. The molecule has 0 bridgehead atoms. The van der Waals surface area contributed by atoms with Gasteiger partial charge in [0.15, 0.2) is 0 Å². The smallest absolute Gasteiger partial charge is 0.109 e. The molecule has 20 heavy (non-hydrogen) atoms. The zero-order valence-electron chi connectivity index (χ0n) is 11.7. The van der Waals surface area contributed by atoms with Crippen molar-refractivity contribution in [3.8, 4) is 11.1 Å². The molecule has 0 heterocycles. The summed E-state index contributed by atoms with van der Waals surface area (Å²) < 4.78 is 6.02. The molecule has 0 N–H and O–H groups in total. The first-order valence-corrected chi connectivity index (χ1v) is 6.94. The maximum absolute atomic E-state index is 6.02. The molecule has 1 nitrogen and oxygen atoms in total. The van der Waals surface area contributed by atoms with Crippen LogP contribution in [-0.4, -0.2) is 6.61 Å². The predicted molar refractivity (Wildman–Crippen MR) is 85.5 cm³/mol. The first-order chi connectivity index (χ1) is 9.81. The van der Waals surface area contributed by atoms with Crippen LogP contribution in [0.25, 0.3) is 23.3 Å². The summed E-state index contributed by atoms with van der Waals surface area (Å²) in [4.78, 5) is 0. The van der Waals surface area contributed by atoms with E-state index in [9.17, 15) is 0 Å². The van der Waals surface area contributed by atoms with Crippen molar-refractivity contribution in [2.24, 2.45) is 0 Å². The fraction of sp³-hybridized carbons (Fsp3) is 0.158. The molecule has 0 radical (unpaired) electrons. The lowest BCUT2D eigenvalue weighted by Crippen LogP contribution is -2.04. The minimum atomic E-state index is -0.000833. The van der Waals surface area contributed by atoms with Gasteiger partial charge in [-0.1, -0.05) is 61.7 Å². The summed E-state index contributed by atoms with van der Waals surface area (Å²) in [6.45, 7) is 10.6. The Labute approximate surface area is 120 Å². The summed E-state index contributed by atoms with van der Waals surface area (Å²) in [6, 6.07) is 12.7. The topological polar surface area (TPSA) is 9.23 Å². The molecule has 100 valence electrons. The van der Waals surface area contributed by atoms with E-state index in [0.29, 0.717) is 6.61 Å². The Balaban J connectivity index is 2.32. The van der Waals surface area contributed by atoms with Gasteiger partial charge in [0.1, 0.15) is 6.10 Å². The molecular formula is C19H18O. The van der Waals surface area contributed by atoms with Crippen LogP contribution in [0.3, 0.4) is 0 Å². The van der Waals surface area contributed by atoms with Gasteiger partial charge in [-0.25, -0.2) is 0 Å². The van der Waals surface area contributed by atoms with Crippen molar-refractivity contribution in [1.29, 1.82) is 0 Å². The lowest BCUT2D eigenvalue weighted by atomic mass is 9.95. The third-order valence-corrected chi connectivity index (χ3v) is 3.87. The van der Waals surface area contributed by atoms with Crippen LogP contribution in [0.5, 0.6) is 0 Å². The standard InChI is InChI=1S/C19H18O/c1-4-13-11-12-16-15-9-7-8-10-17(15)19(20-6-3)18(16)14(13)5-2/h4-5,7-12,19H,1-2,6H2,3H3. The van der Waals surface area contributed by atoms with Crippen molar-refractivity contribution in [2.75, 3.05) is 6.61 Å². The van der Waals surface area contributed by atoms with Gasteiger partial charge < -0.3 is 4.74 Å². The lowest BCUT2D eigenvalue weighted by Gasteiger charge is -2.17. The van der Waals surface area contributed by atoms with Crippen LogP contribution >= 0.6 is 0 Å². The Morgan fingerprint density at radius 2 is 1.85 bits per heavy atom. The normalized spacial score (nSPS) is 15.6. The molecule has 2 aromatic carbocycles. The molecule has 0 aliphatic heterocycles. The average Bonchev–Trinajstić information content (AvgIpc) is 2.81. The Hall–Kier alpha value is -2.12. The van der Waals surface area contributed by atoms with E-state index in [4.69, 9.17) is 4.74 Å². The second kappa shape index (κ2) is 5.10. The highest BCUT2D eigenvalue weighted by Crippen LogP contribution is 2.47. The van der Waals surface area contributed by atoms with Crippen molar-refractivity contribution in [3.05, 3.63) is 71.8 Å². The largest absolute Gasteiger partial charge is 0.369 e. The van der Waals surface area contributed by atoms with Gasteiger partial charge in [0, 0.05) is 12.2 Å². The van der Waals surface area contributed by atoms with E-state index in [1.807, 2.05) is 19.1 Å². The van der Waals surface area contributed by atoms with Crippen LogP contribution in [0, 0.1) is 0 Å². The number of benzene rings is 2. The number of fused-ring (bicyclic) bond motifs is 3. The highest BCUT2D eigenvalue weighted by Gasteiger charge is 2.31. The maximum atomic E-state index is 6.02. The van der Waals surface area contributed by atoms with Crippen LogP contribution in [0.15, 0.2) is 49.6 Å². The summed E-state index contributed by atoms with van der Waals surface area (Å²) in [6.07, 6.45) is 3.79. The van der Waals surface area contributed by atoms with Crippen LogP contribution in [0.2, 0.25) is 0 Å². The molecule has 1 aliphatic carbocycles. The van der Waals surface area contributed by atoms with Gasteiger partial charge >= 0.3 is 0 Å². The van der Waals surface area contributed by atoms with E-state index in [2.05, 4.69) is 49.6 Å². The molecule has 1 atom stereocenters. The van der Waals surface area contributed by atoms with E-state index < -0.39 is 0 Å². The fourth-order valence-corrected chi connectivity index (χ4v) is 3.04. The van der Waals surface area contributed by atoms with E-state index >= 15 is 0 Å². The van der Waals surface area contributed by atoms with Crippen molar-refractivity contribution in [2.45, 2.75) is 13.0 Å². The van der Waals surface area contributed by atoms with Crippen molar-refractivity contribution in [3.63, 3.8) is 0 Å². The first kappa shape index (κ1) is 12.9. The van der Waals surface area contributed by atoms with Gasteiger partial charge in [0.05, 0.1) is 0 Å². The molecule has 0 fully saturated rings. The second-order valence-corrected chi connectivity index (χ2v) is 4.86. The molecule has 0 spiro atoms. The highest BCUT2D eigenvalue weighted by atomic mass is 16.5. The minimum absolute atomic E-state index is 0.000833. The summed E-state index contributed by atoms with van der Waals surface area (Å²) in [5.74, 6) is 0. The first-order valence-electron chi connectivity index (χ1n) is 6.94. The van der Waals surface area contributed by atoms with Gasteiger partial charge in [-0.2, -0.15) is 0 Å². The molecule has 1 aliphatic rings. The Bertz CT molecular complexity index is 682. The average molecular weight is 262 g/mol. The van der Waals surface area contributed by atoms with Gasteiger partial charge in [-0.3, -0.25) is 0 Å². The van der Waals surface area contributed by atoms with Crippen LogP contribution < -0.4 is 0 Å². The van der Waals surface area contributed by atoms with Gasteiger partial charge in [-0.15, -0.1) is 0 Å². The number of ether oxygens (including phenoxy) is 1. The summed E-state index contributed by atoms with van der Waals surface area (Å²) >= 11 is 0. The Kier molecular flexibility index (Phi) is 3.29. The lowest BCUT2D eigenvalue weighted by molar-refractivity contribution is 0.0943. The van der Waals surface area contributed by atoms with Crippen LogP contribution in [-0.2, 0) is 4.74 Å². The van der Waals surface area contributed by atoms with Crippen molar-refractivity contribution < 1.29 is 4.74 Å². The predicted octanol–water partition coefficient (Wildman–Crippen LogP) is 5.08. The molecule has 0 amide bonds. The molecule has 1 heteroatoms. The molecule has 2 aromatic rings. The molecule has 3 rings (SSSR count). The van der Waals surface area contributed by atoms with Crippen LogP contribution in [0.1, 0.15) is 35.3 Å². The second-order valence-electron chi connectivity index (χ2n) is 4.86. The van der Waals surface area contributed by atoms with E-state index in [0.717, 1.165) is 11.1 Å². The summed E-state index contributed by atoms with van der Waals surface area (Å²) in [5, 5.41) is 0. The van der Waals surface area contributed by atoms with Gasteiger partial charge in [0.25, 0.3) is 0 Å². The van der Waals surface area contributed by atoms with E-state index in [-0.39, 0.29) is 6.10 Å². The molecular weight excluding hydrogens is 244 g/mol. The molecule has 0 saturated heterocycles. The van der Waals surface area contributed by atoms with Crippen molar-refractivity contribution >= 4 is 12.2 Å². The summed E-state index contributed by atoms with van der Waals surface area (Å²) in [7, 11) is 0. The number of hydrogen-bond acceptors (Lipinski definition) is 1. The molecule has 0 aromatic heterocycles. The van der Waals surface area contributed by atoms with Crippen LogP contribution in [0.4, 0.5) is 0 Å². The Morgan fingerprint density at radius 1 is 1.05 bits per heavy atom. The van der Waals surface area contributed by atoms with E-state index in [1.54, 1.807) is 0 Å². The third-order valence-electron chi connectivity index (χ3n) is 3.87. The zero-order valence-corrected chi connectivity index (χ0v) is 11.7. The van der Waals surface area contributed by atoms with E-state index in [1.165, 1.54) is 22.3 Å². The molecule has 1 unspecified atom stereocenters. The Morgan fingerprint density at radius 3 is 2.55 bits per heavy atom. The number of rotatable bonds is 4. The zero-order chi connectivity index (χ0) is 14.1. The fourth-order valence-electron chi connectivity index (χ4n) is 3.04. The monoisotopic (exact) mass is 262 g/mol. The van der Waals surface area contributed by atoms with Crippen molar-refractivity contribution in [1.82, 2.24) is 0 Å². The summed E-state index contributed by atoms with van der Waals surface area (Å²) in [5.41, 5.74) is 7.22. The highest BCUT2D eigenvalue weighted by molar-refractivity contribution is 5.84. The molecule has 0 saturated carbocycles.